The van der Waals surface area contributed by atoms with Crippen LogP contribution in [0.25, 0.3) is 0 Å². The van der Waals surface area contributed by atoms with Gasteiger partial charge in [-0.2, -0.15) is 0 Å². The first-order valence-electron chi connectivity index (χ1n) is 6.53. The Morgan fingerprint density at radius 1 is 1.39 bits per heavy atom. The van der Waals surface area contributed by atoms with Gasteiger partial charge in [0.1, 0.15) is 5.54 Å². The van der Waals surface area contributed by atoms with E-state index in [1.807, 2.05) is 6.92 Å². The van der Waals surface area contributed by atoms with Crippen LogP contribution in [0, 0.1) is 5.92 Å². The van der Waals surface area contributed by atoms with Crippen LogP contribution in [0.3, 0.4) is 0 Å². The summed E-state index contributed by atoms with van der Waals surface area (Å²) in [5.41, 5.74) is -1.18. The van der Waals surface area contributed by atoms with Crippen molar-refractivity contribution in [2.24, 2.45) is 5.92 Å². The van der Waals surface area contributed by atoms with Crippen LogP contribution in [-0.4, -0.2) is 41.1 Å². The molecule has 2 amide bonds. The van der Waals surface area contributed by atoms with Gasteiger partial charge in [-0.05, 0) is 19.3 Å². The van der Waals surface area contributed by atoms with Crippen molar-refractivity contribution in [3.8, 4) is 0 Å². The third-order valence-electron chi connectivity index (χ3n) is 3.23. The monoisotopic (exact) mass is 258 g/mol. The molecular weight excluding hydrogens is 232 g/mol. The van der Waals surface area contributed by atoms with Crippen molar-refractivity contribution < 1.29 is 14.7 Å². The molecule has 0 saturated carbocycles. The number of aliphatic carboxylic acids is 1. The van der Waals surface area contributed by atoms with Crippen molar-refractivity contribution in [2.45, 2.75) is 52.5 Å². The molecule has 5 nitrogen and oxygen atoms in total. The first kappa shape index (κ1) is 16.7. The second kappa shape index (κ2) is 7.24. The van der Waals surface area contributed by atoms with Crippen LogP contribution >= 0.6 is 0 Å². The summed E-state index contributed by atoms with van der Waals surface area (Å²) in [4.78, 5) is 24.7. The number of hydrogen-bond donors (Lipinski definition) is 2. The number of carbonyl (C=O) groups is 2. The van der Waals surface area contributed by atoms with Crippen molar-refractivity contribution in [3.63, 3.8) is 0 Å². The third-order valence-corrected chi connectivity index (χ3v) is 3.23. The van der Waals surface area contributed by atoms with Crippen LogP contribution < -0.4 is 5.32 Å². The fourth-order valence-corrected chi connectivity index (χ4v) is 1.73. The van der Waals surface area contributed by atoms with E-state index in [0.29, 0.717) is 25.3 Å². The average Bonchev–Trinajstić information content (AvgIpc) is 2.28. The molecule has 18 heavy (non-hydrogen) atoms. The van der Waals surface area contributed by atoms with Gasteiger partial charge in [0.05, 0.1) is 0 Å². The lowest BCUT2D eigenvalue weighted by atomic mass is 9.96. The molecule has 0 aliphatic rings. The second-order valence-electron chi connectivity index (χ2n) is 5.21. The molecule has 0 fully saturated rings. The molecule has 0 aromatic heterocycles. The molecule has 0 heterocycles. The molecule has 0 rings (SSSR count). The molecule has 0 saturated heterocycles. The minimum atomic E-state index is -1.18. The predicted molar refractivity (Wildman–Crippen MR) is 71.6 cm³/mol. The molecule has 2 N–H and O–H groups in total. The standard InChI is InChI=1S/C13H26N2O3/c1-6-8-13(4,11(16)17)14-12(18)15(5)9-10(3)7-2/h10H,6-9H2,1-5H3,(H,14,18)(H,16,17). The van der Waals surface area contributed by atoms with Crippen LogP contribution in [0.5, 0.6) is 0 Å². The topological polar surface area (TPSA) is 69.6 Å². The normalized spacial score (nSPS) is 15.6. The van der Waals surface area contributed by atoms with E-state index in [1.165, 1.54) is 0 Å². The predicted octanol–water partition coefficient (Wildman–Crippen LogP) is 2.32. The fraction of sp³-hybridized carbons (Fsp3) is 0.846. The van der Waals surface area contributed by atoms with E-state index in [4.69, 9.17) is 0 Å². The summed E-state index contributed by atoms with van der Waals surface area (Å²) in [6.07, 6.45) is 2.12. The Labute approximate surface area is 110 Å². The number of nitrogens with zero attached hydrogens (tertiary/aromatic N) is 1. The van der Waals surface area contributed by atoms with Gasteiger partial charge in [-0.15, -0.1) is 0 Å². The van der Waals surface area contributed by atoms with Crippen LogP contribution in [0.1, 0.15) is 47.0 Å². The molecule has 106 valence electrons. The van der Waals surface area contributed by atoms with E-state index < -0.39 is 11.5 Å². The van der Waals surface area contributed by atoms with Gasteiger partial charge in [-0.3, -0.25) is 0 Å². The Bertz CT molecular complexity index is 294. The summed E-state index contributed by atoms with van der Waals surface area (Å²) in [6, 6.07) is -0.325. The van der Waals surface area contributed by atoms with Gasteiger partial charge < -0.3 is 15.3 Å². The maximum atomic E-state index is 11.9. The maximum absolute atomic E-state index is 11.9. The van der Waals surface area contributed by atoms with Crippen molar-refractivity contribution in [1.29, 1.82) is 0 Å². The van der Waals surface area contributed by atoms with Crippen molar-refractivity contribution in [2.75, 3.05) is 13.6 Å². The highest BCUT2D eigenvalue weighted by molar-refractivity contribution is 5.85. The van der Waals surface area contributed by atoms with Crippen LogP contribution in [0.15, 0.2) is 0 Å². The molecule has 0 bridgehead atoms. The van der Waals surface area contributed by atoms with Crippen molar-refractivity contribution in [3.05, 3.63) is 0 Å². The molecule has 0 spiro atoms. The lowest BCUT2D eigenvalue weighted by molar-refractivity contribution is -0.144. The van der Waals surface area contributed by atoms with E-state index in [9.17, 15) is 14.7 Å². The number of amides is 2. The number of nitrogens with one attached hydrogen (secondary N) is 1. The minimum Gasteiger partial charge on any atom is -0.480 e. The van der Waals surface area contributed by atoms with Gasteiger partial charge in [-0.25, -0.2) is 9.59 Å². The molecule has 0 radical (unpaired) electrons. The first-order chi connectivity index (χ1) is 8.26. The van der Waals surface area contributed by atoms with Crippen LogP contribution in [-0.2, 0) is 4.79 Å². The molecule has 0 aromatic carbocycles. The number of carbonyl (C=O) groups excluding carboxylic acids is 1. The zero-order valence-electron chi connectivity index (χ0n) is 12.1. The van der Waals surface area contributed by atoms with E-state index in [2.05, 4.69) is 19.2 Å². The van der Waals surface area contributed by atoms with E-state index in [1.54, 1.807) is 18.9 Å². The number of urea groups is 1. The average molecular weight is 258 g/mol. The largest absolute Gasteiger partial charge is 0.480 e. The summed E-state index contributed by atoms with van der Waals surface area (Å²) in [6.45, 7) is 8.20. The molecular formula is C13H26N2O3. The molecule has 0 aliphatic heterocycles. The van der Waals surface area contributed by atoms with Crippen molar-refractivity contribution >= 4 is 12.0 Å². The summed E-state index contributed by atoms with van der Waals surface area (Å²) < 4.78 is 0. The second-order valence-corrected chi connectivity index (χ2v) is 5.21. The summed E-state index contributed by atoms with van der Waals surface area (Å²) in [7, 11) is 1.69. The lowest BCUT2D eigenvalue weighted by Gasteiger charge is -2.29. The van der Waals surface area contributed by atoms with Crippen LogP contribution in [0.2, 0.25) is 0 Å². The highest BCUT2D eigenvalue weighted by Crippen LogP contribution is 2.13. The van der Waals surface area contributed by atoms with Gasteiger partial charge in [0.15, 0.2) is 0 Å². The first-order valence-corrected chi connectivity index (χ1v) is 6.53. The molecule has 2 atom stereocenters. The SMILES string of the molecule is CCCC(C)(NC(=O)N(C)CC(C)CC)C(=O)O. The summed E-state index contributed by atoms with van der Waals surface area (Å²) in [5, 5.41) is 11.8. The fourth-order valence-electron chi connectivity index (χ4n) is 1.73. The number of rotatable bonds is 7. The van der Waals surface area contributed by atoms with Gasteiger partial charge in [0, 0.05) is 13.6 Å². The zero-order valence-corrected chi connectivity index (χ0v) is 12.1. The molecule has 0 aromatic rings. The highest BCUT2D eigenvalue weighted by Gasteiger charge is 2.34. The summed E-state index contributed by atoms with van der Waals surface area (Å²) >= 11 is 0. The molecule has 0 aliphatic carbocycles. The van der Waals surface area contributed by atoms with Crippen molar-refractivity contribution in [1.82, 2.24) is 10.2 Å². The van der Waals surface area contributed by atoms with Gasteiger partial charge in [-0.1, -0.05) is 33.6 Å². The summed E-state index contributed by atoms with van der Waals surface area (Å²) in [5.74, 6) is -0.586. The van der Waals surface area contributed by atoms with E-state index in [0.717, 1.165) is 6.42 Å². The zero-order chi connectivity index (χ0) is 14.3. The lowest BCUT2D eigenvalue weighted by Crippen LogP contribution is -2.55. The quantitative estimate of drug-likeness (QED) is 0.736. The van der Waals surface area contributed by atoms with Crippen LogP contribution in [0.4, 0.5) is 4.79 Å². The Morgan fingerprint density at radius 3 is 2.33 bits per heavy atom. The number of carboxylic acids is 1. The van der Waals surface area contributed by atoms with Gasteiger partial charge in [0.25, 0.3) is 0 Å². The Hall–Kier alpha value is -1.26. The number of carboxylic acid groups (broad SMARTS) is 1. The third kappa shape index (κ3) is 4.94. The highest BCUT2D eigenvalue weighted by atomic mass is 16.4. The van der Waals surface area contributed by atoms with E-state index in [-0.39, 0.29) is 6.03 Å². The molecule has 5 heteroatoms. The van der Waals surface area contributed by atoms with Gasteiger partial charge >= 0.3 is 12.0 Å². The van der Waals surface area contributed by atoms with Gasteiger partial charge in [0.2, 0.25) is 0 Å². The Balaban J connectivity index is 4.55. The maximum Gasteiger partial charge on any atom is 0.329 e. The molecule has 2 unspecified atom stereocenters. The smallest absolute Gasteiger partial charge is 0.329 e. The Kier molecular flexibility index (Phi) is 6.73. The Morgan fingerprint density at radius 2 is 1.94 bits per heavy atom. The number of hydrogen-bond acceptors (Lipinski definition) is 2. The minimum absolute atomic E-state index is 0.325. The van der Waals surface area contributed by atoms with E-state index >= 15 is 0 Å².